The average molecular weight is 191 g/mol. The smallest absolute Gasteiger partial charge is 0.122 e. The lowest BCUT2D eigenvalue weighted by Crippen LogP contribution is -1.90. The van der Waals surface area contributed by atoms with Gasteiger partial charge < -0.3 is 4.74 Å². The Morgan fingerprint density at radius 1 is 1.18 bits per heavy atom. The molecule has 0 aliphatic rings. The molecule has 0 fully saturated rings. The maximum atomic E-state index is 5.72. The van der Waals surface area contributed by atoms with Crippen molar-refractivity contribution >= 4 is 23.2 Å². The minimum atomic E-state index is 0.598. The summed E-state index contributed by atoms with van der Waals surface area (Å²) in [7, 11) is 0. The highest BCUT2D eigenvalue weighted by atomic mass is 35.5. The molecule has 0 aromatic heterocycles. The van der Waals surface area contributed by atoms with Crippen LogP contribution in [0.5, 0.6) is 5.75 Å². The summed E-state index contributed by atoms with van der Waals surface area (Å²) in [5.74, 6) is 0.713. The van der Waals surface area contributed by atoms with Crippen LogP contribution in [0, 0.1) is 0 Å². The van der Waals surface area contributed by atoms with Gasteiger partial charge in [-0.3, -0.25) is 0 Å². The van der Waals surface area contributed by atoms with E-state index in [1.54, 1.807) is 18.2 Å². The van der Waals surface area contributed by atoms with Gasteiger partial charge >= 0.3 is 0 Å². The van der Waals surface area contributed by atoms with E-state index >= 15 is 0 Å². The fourth-order valence-electron chi connectivity index (χ4n) is 0.779. The third-order valence-corrected chi connectivity index (χ3v) is 1.58. The third kappa shape index (κ3) is 2.60. The summed E-state index contributed by atoms with van der Waals surface area (Å²) in [6.45, 7) is 2.53. The fraction of sp³-hybridized carbons (Fsp3) is 0.250. The van der Waals surface area contributed by atoms with E-state index in [-0.39, 0.29) is 0 Å². The van der Waals surface area contributed by atoms with Crippen LogP contribution in [0.25, 0.3) is 0 Å². The molecule has 0 atom stereocenters. The lowest BCUT2D eigenvalue weighted by Gasteiger charge is -2.02. The molecule has 0 aliphatic heterocycles. The topological polar surface area (TPSA) is 9.23 Å². The zero-order chi connectivity index (χ0) is 8.27. The van der Waals surface area contributed by atoms with Crippen molar-refractivity contribution in [2.75, 3.05) is 6.61 Å². The van der Waals surface area contributed by atoms with E-state index in [2.05, 4.69) is 0 Å². The lowest BCUT2D eigenvalue weighted by atomic mass is 10.3. The molecule has 0 bridgehead atoms. The van der Waals surface area contributed by atoms with Crippen molar-refractivity contribution < 1.29 is 4.74 Å². The van der Waals surface area contributed by atoms with Gasteiger partial charge in [0.05, 0.1) is 6.61 Å². The summed E-state index contributed by atoms with van der Waals surface area (Å²) >= 11 is 11.4. The van der Waals surface area contributed by atoms with Crippen LogP contribution in [-0.2, 0) is 0 Å². The van der Waals surface area contributed by atoms with Gasteiger partial charge in [0.2, 0.25) is 0 Å². The van der Waals surface area contributed by atoms with Crippen molar-refractivity contribution in [3.05, 3.63) is 28.2 Å². The molecule has 0 unspecified atom stereocenters. The molecule has 0 amide bonds. The third-order valence-electron chi connectivity index (χ3n) is 1.15. The average Bonchev–Trinajstić information content (AvgIpc) is 1.85. The summed E-state index contributed by atoms with van der Waals surface area (Å²) < 4.78 is 5.20. The molecule has 1 nitrogen and oxygen atoms in total. The molecule has 0 spiro atoms. The van der Waals surface area contributed by atoms with Gasteiger partial charge in [-0.2, -0.15) is 0 Å². The maximum absolute atomic E-state index is 5.72. The molecular formula is C8H8Cl2O. The van der Waals surface area contributed by atoms with Crippen LogP contribution >= 0.6 is 23.2 Å². The predicted octanol–water partition coefficient (Wildman–Crippen LogP) is 3.39. The highest BCUT2D eigenvalue weighted by Gasteiger charge is 1.96. The molecule has 0 heterocycles. The van der Waals surface area contributed by atoms with Gasteiger partial charge in [-0.15, -0.1) is 0 Å². The first-order chi connectivity index (χ1) is 5.22. The number of rotatable bonds is 2. The van der Waals surface area contributed by atoms with Crippen molar-refractivity contribution in [1.29, 1.82) is 0 Å². The summed E-state index contributed by atoms with van der Waals surface area (Å²) in [6.07, 6.45) is 0. The predicted molar refractivity (Wildman–Crippen MR) is 47.6 cm³/mol. The standard InChI is InChI=1S/C8H8Cl2O/c1-2-11-8-4-6(9)3-7(10)5-8/h3-5H,2H2,1H3. The Morgan fingerprint density at radius 2 is 1.73 bits per heavy atom. The molecule has 0 aliphatic carbocycles. The fourth-order valence-corrected chi connectivity index (χ4v) is 1.28. The van der Waals surface area contributed by atoms with Gasteiger partial charge in [-0.1, -0.05) is 23.2 Å². The number of hydrogen-bond acceptors (Lipinski definition) is 1. The molecule has 3 heteroatoms. The van der Waals surface area contributed by atoms with Crippen molar-refractivity contribution in [2.24, 2.45) is 0 Å². The van der Waals surface area contributed by atoms with E-state index in [1.165, 1.54) is 0 Å². The Balaban J connectivity index is 2.89. The second kappa shape index (κ2) is 3.84. The van der Waals surface area contributed by atoms with Gasteiger partial charge in [0, 0.05) is 10.0 Å². The number of ether oxygens (including phenoxy) is 1. The molecule has 1 aromatic rings. The highest BCUT2D eigenvalue weighted by molar-refractivity contribution is 6.34. The molecule has 11 heavy (non-hydrogen) atoms. The largest absolute Gasteiger partial charge is 0.494 e. The second-order valence-electron chi connectivity index (χ2n) is 2.04. The zero-order valence-corrected chi connectivity index (χ0v) is 7.62. The monoisotopic (exact) mass is 190 g/mol. The number of halogens is 2. The Kier molecular flexibility index (Phi) is 3.03. The van der Waals surface area contributed by atoms with E-state index in [0.717, 1.165) is 0 Å². The van der Waals surface area contributed by atoms with Gasteiger partial charge in [-0.05, 0) is 25.1 Å². The van der Waals surface area contributed by atoms with Gasteiger partial charge in [0.25, 0.3) is 0 Å². The molecule has 0 radical (unpaired) electrons. The molecule has 0 N–H and O–H groups in total. The van der Waals surface area contributed by atoms with E-state index in [0.29, 0.717) is 22.4 Å². The molecule has 0 saturated carbocycles. The van der Waals surface area contributed by atoms with Crippen molar-refractivity contribution in [3.8, 4) is 5.75 Å². The van der Waals surface area contributed by atoms with Gasteiger partial charge in [0.15, 0.2) is 0 Å². The normalized spacial score (nSPS) is 9.73. The van der Waals surface area contributed by atoms with Crippen LogP contribution in [0.3, 0.4) is 0 Å². The van der Waals surface area contributed by atoms with E-state index < -0.39 is 0 Å². The van der Waals surface area contributed by atoms with Crippen LogP contribution in [0.1, 0.15) is 6.92 Å². The van der Waals surface area contributed by atoms with Gasteiger partial charge in [0.1, 0.15) is 5.75 Å². The van der Waals surface area contributed by atoms with Crippen LogP contribution in [0.15, 0.2) is 18.2 Å². The van der Waals surface area contributed by atoms with Crippen molar-refractivity contribution in [2.45, 2.75) is 6.92 Å². The molecule has 60 valence electrons. The van der Waals surface area contributed by atoms with E-state index in [4.69, 9.17) is 27.9 Å². The van der Waals surface area contributed by atoms with E-state index in [9.17, 15) is 0 Å². The summed E-state index contributed by atoms with van der Waals surface area (Å²) in [4.78, 5) is 0. The minimum absolute atomic E-state index is 0.598. The number of hydrogen-bond donors (Lipinski definition) is 0. The Labute approximate surface area is 75.9 Å². The van der Waals surface area contributed by atoms with E-state index in [1.807, 2.05) is 6.92 Å². The molecule has 1 aromatic carbocycles. The van der Waals surface area contributed by atoms with Crippen LogP contribution in [0.2, 0.25) is 10.0 Å². The Hall–Kier alpha value is -0.400. The van der Waals surface area contributed by atoms with Crippen LogP contribution in [0.4, 0.5) is 0 Å². The second-order valence-corrected chi connectivity index (χ2v) is 2.91. The summed E-state index contributed by atoms with van der Waals surface area (Å²) in [5, 5.41) is 1.20. The minimum Gasteiger partial charge on any atom is -0.494 e. The zero-order valence-electron chi connectivity index (χ0n) is 6.10. The summed E-state index contributed by atoms with van der Waals surface area (Å²) in [5.41, 5.74) is 0. The first-order valence-corrected chi connectivity index (χ1v) is 4.07. The van der Waals surface area contributed by atoms with Crippen molar-refractivity contribution in [1.82, 2.24) is 0 Å². The Bertz CT molecular complexity index is 228. The molecule has 1 rings (SSSR count). The quantitative estimate of drug-likeness (QED) is 0.696. The SMILES string of the molecule is CCOc1cc(Cl)cc(Cl)c1. The summed E-state index contributed by atoms with van der Waals surface area (Å²) in [6, 6.07) is 5.14. The first kappa shape index (κ1) is 8.69. The number of benzene rings is 1. The Morgan fingerprint density at radius 3 is 2.18 bits per heavy atom. The maximum Gasteiger partial charge on any atom is 0.122 e. The van der Waals surface area contributed by atoms with Crippen LogP contribution in [-0.4, -0.2) is 6.61 Å². The molecule has 0 saturated heterocycles. The highest BCUT2D eigenvalue weighted by Crippen LogP contribution is 2.23. The first-order valence-electron chi connectivity index (χ1n) is 3.31. The van der Waals surface area contributed by atoms with Gasteiger partial charge in [-0.25, -0.2) is 0 Å². The van der Waals surface area contributed by atoms with Crippen molar-refractivity contribution in [3.63, 3.8) is 0 Å². The molecular weight excluding hydrogens is 183 g/mol. The lowest BCUT2D eigenvalue weighted by molar-refractivity contribution is 0.340. The van der Waals surface area contributed by atoms with Crippen LogP contribution < -0.4 is 4.74 Å².